The van der Waals surface area contributed by atoms with Crippen molar-refractivity contribution in [2.45, 2.75) is 38.3 Å². The van der Waals surface area contributed by atoms with Gasteiger partial charge < -0.3 is 19.6 Å². The molecule has 4 rings (SSSR count). The van der Waals surface area contributed by atoms with Crippen molar-refractivity contribution in [2.24, 2.45) is 5.41 Å². The van der Waals surface area contributed by atoms with Crippen molar-refractivity contribution in [1.82, 2.24) is 5.32 Å². The fourth-order valence-electron chi connectivity index (χ4n) is 4.28. The Morgan fingerprint density at radius 1 is 1.24 bits per heavy atom. The molecule has 2 aliphatic rings. The molecule has 2 fully saturated rings. The third-order valence-electron chi connectivity index (χ3n) is 5.60. The molecule has 1 aromatic heterocycles. The number of rotatable bonds is 6. The topological polar surface area (TPSA) is 71.7 Å². The lowest BCUT2D eigenvalue weighted by atomic mass is 9.83. The second-order valence-electron chi connectivity index (χ2n) is 7.08. The maximum absolute atomic E-state index is 11.4. The van der Waals surface area contributed by atoms with Crippen molar-refractivity contribution >= 4 is 5.97 Å². The highest BCUT2D eigenvalue weighted by Gasteiger charge is 2.46. The van der Waals surface area contributed by atoms with Crippen LogP contribution in [0.4, 0.5) is 0 Å². The molecule has 0 spiro atoms. The lowest BCUT2D eigenvalue weighted by Gasteiger charge is -2.27. The Kier molecular flexibility index (Phi) is 4.36. The van der Waals surface area contributed by atoms with Crippen LogP contribution in [0.5, 0.6) is 0 Å². The van der Waals surface area contributed by atoms with E-state index in [0.717, 1.165) is 25.3 Å². The number of carboxylic acid groups (broad SMARTS) is 1. The van der Waals surface area contributed by atoms with Gasteiger partial charge in [-0.05, 0) is 37.5 Å². The standard InChI is InChI=1S/C20H23NO4/c22-19(23)16-5-2-1-4-15(16)17-8-7-14(25-17)12-21-13-20-9-3-6-18(20)24-11-10-20/h1-2,4-5,7-8,18,21H,3,6,9-13H2,(H,22,23)/t18-,20-/m1/s1. The fourth-order valence-corrected chi connectivity index (χ4v) is 4.28. The number of ether oxygens (including phenoxy) is 1. The first-order valence-corrected chi connectivity index (χ1v) is 8.92. The van der Waals surface area contributed by atoms with Crippen molar-refractivity contribution < 1.29 is 19.1 Å². The fraction of sp³-hybridized carbons (Fsp3) is 0.450. The van der Waals surface area contributed by atoms with Crippen LogP contribution in [0.15, 0.2) is 40.8 Å². The number of aromatic carboxylic acids is 1. The predicted octanol–water partition coefficient (Wildman–Crippen LogP) is 3.69. The number of fused-ring (bicyclic) bond motifs is 1. The molecule has 2 heterocycles. The molecule has 0 bridgehead atoms. The third-order valence-corrected chi connectivity index (χ3v) is 5.60. The van der Waals surface area contributed by atoms with Crippen LogP contribution in [0, 0.1) is 5.41 Å². The summed E-state index contributed by atoms with van der Waals surface area (Å²) in [5.74, 6) is 0.468. The Hall–Kier alpha value is -2.11. The highest BCUT2D eigenvalue weighted by Crippen LogP contribution is 2.46. The van der Waals surface area contributed by atoms with Crippen molar-refractivity contribution in [3.05, 3.63) is 47.7 Å². The van der Waals surface area contributed by atoms with Crippen LogP contribution < -0.4 is 5.32 Å². The molecule has 5 heteroatoms. The quantitative estimate of drug-likeness (QED) is 0.838. The second-order valence-corrected chi connectivity index (χ2v) is 7.08. The van der Waals surface area contributed by atoms with E-state index in [4.69, 9.17) is 9.15 Å². The normalized spacial score (nSPS) is 25.2. The Labute approximate surface area is 147 Å². The van der Waals surface area contributed by atoms with E-state index in [2.05, 4.69) is 5.32 Å². The predicted molar refractivity (Wildman–Crippen MR) is 93.5 cm³/mol. The molecule has 0 amide bonds. The monoisotopic (exact) mass is 341 g/mol. The highest BCUT2D eigenvalue weighted by molar-refractivity contribution is 5.95. The molecule has 2 atom stereocenters. The molecule has 132 valence electrons. The second kappa shape index (κ2) is 6.65. The van der Waals surface area contributed by atoms with E-state index in [0.29, 0.717) is 29.4 Å². The van der Waals surface area contributed by atoms with E-state index in [1.807, 2.05) is 18.2 Å². The van der Waals surface area contributed by atoms with Crippen molar-refractivity contribution in [3.8, 4) is 11.3 Å². The Balaban J connectivity index is 1.42. The lowest BCUT2D eigenvalue weighted by Crippen LogP contribution is -2.36. The molecule has 5 nitrogen and oxygen atoms in total. The zero-order valence-corrected chi connectivity index (χ0v) is 14.2. The molecule has 0 unspecified atom stereocenters. The number of hydrogen-bond acceptors (Lipinski definition) is 4. The van der Waals surface area contributed by atoms with Gasteiger partial charge in [-0.3, -0.25) is 0 Å². The average Bonchev–Trinajstić information content (AvgIpc) is 3.30. The lowest BCUT2D eigenvalue weighted by molar-refractivity contribution is 0.0695. The summed E-state index contributed by atoms with van der Waals surface area (Å²) >= 11 is 0. The highest BCUT2D eigenvalue weighted by atomic mass is 16.5. The summed E-state index contributed by atoms with van der Waals surface area (Å²) in [7, 11) is 0. The van der Waals surface area contributed by atoms with E-state index in [1.54, 1.807) is 18.2 Å². The average molecular weight is 341 g/mol. The minimum Gasteiger partial charge on any atom is -0.478 e. The number of carboxylic acids is 1. The Morgan fingerprint density at radius 3 is 3.00 bits per heavy atom. The largest absolute Gasteiger partial charge is 0.478 e. The van der Waals surface area contributed by atoms with Gasteiger partial charge in [0.15, 0.2) is 0 Å². The SMILES string of the molecule is O=C(O)c1ccccc1-c1ccc(CNC[C@]23CCC[C@H]2OCC3)o1. The van der Waals surface area contributed by atoms with Gasteiger partial charge in [0, 0.05) is 24.1 Å². The molecule has 1 aliphatic carbocycles. The third kappa shape index (κ3) is 3.10. The van der Waals surface area contributed by atoms with Crippen LogP contribution >= 0.6 is 0 Å². The summed E-state index contributed by atoms with van der Waals surface area (Å²) in [4.78, 5) is 11.4. The van der Waals surface area contributed by atoms with Gasteiger partial charge in [-0.2, -0.15) is 0 Å². The first-order chi connectivity index (χ1) is 12.2. The summed E-state index contributed by atoms with van der Waals surface area (Å²) in [6.45, 7) is 2.46. The Bertz CT molecular complexity index is 757. The van der Waals surface area contributed by atoms with E-state index in [-0.39, 0.29) is 5.56 Å². The zero-order valence-electron chi connectivity index (χ0n) is 14.2. The molecule has 1 saturated carbocycles. The zero-order chi connectivity index (χ0) is 17.3. The van der Waals surface area contributed by atoms with Gasteiger partial charge in [-0.15, -0.1) is 0 Å². The van der Waals surface area contributed by atoms with Gasteiger partial charge in [-0.1, -0.05) is 24.6 Å². The molecule has 25 heavy (non-hydrogen) atoms. The summed E-state index contributed by atoms with van der Waals surface area (Å²) in [6.07, 6.45) is 5.22. The first kappa shape index (κ1) is 16.4. The van der Waals surface area contributed by atoms with Crippen molar-refractivity contribution in [3.63, 3.8) is 0 Å². The maximum Gasteiger partial charge on any atom is 0.336 e. The smallest absolute Gasteiger partial charge is 0.336 e. The first-order valence-electron chi connectivity index (χ1n) is 8.92. The minimum absolute atomic E-state index is 0.257. The Morgan fingerprint density at radius 2 is 2.12 bits per heavy atom. The number of nitrogens with one attached hydrogen (secondary N) is 1. The summed E-state index contributed by atoms with van der Waals surface area (Å²) in [6, 6.07) is 10.7. The van der Waals surface area contributed by atoms with Crippen LogP contribution in [-0.2, 0) is 11.3 Å². The van der Waals surface area contributed by atoms with Gasteiger partial charge in [0.25, 0.3) is 0 Å². The van der Waals surface area contributed by atoms with Crippen LogP contribution in [-0.4, -0.2) is 30.3 Å². The van der Waals surface area contributed by atoms with Crippen LogP contribution in [0.25, 0.3) is 11.3 Å². The van der Waals surface area contributed by atoms with Crippen molar-refractivity contribution in [2.75, 3.05) is 13.2 Å². The van der Waals surface area contributed by atoms with Crippen molar-refractivity contribution in [1.29, 1.82) is 0 Å². The van der Waals surface area contributed by atoms with E-state index < -0.39 is 5.97 Å². The molecule has 1 saturated heterocycles. The molecular formula is C20H23NO4. The molecule has 0 radical (unpaired) electrons. The molecule has 2 N–H and O–H groups in total. The van der Waals surface area contributed by atoms with E-state index >= 15 is 0 Å². The van der Waals surface area contributed by atoms with Crippen LogP contribution in [0.3, 0.4) is 0 Å². The summed E-state index contributed by atoms with van der Waals surface area (Å²) in [5, 5.41) is 12.8. The van der Waals surface area contributed by atoms with E-state index in [9.17, 15) is 9.90 Å². The van der Waals surface area contributed by atoms with Gasteiger partial charge >= 0.3 is 5.97 Å². The van der Waals surface area contributed by atoms with Crippen LogP contribution in [0.2, 0.25) is 0 Å². The molecule has 2 aromatic rings. The number of carbonyl (C=O) groups is 1. The maximum atomic E-state index is 11.4. The van der Waals surface area contributed by atoms with Gasteiger partial charge in [0.2, 0.25) is 0 Å². The molecule has 1 aromatic carbocycles. The van der Waals surface area contributed by atoms with Crippen LogP contribution in [0.1, 0.15) is 41.8 Å². The van der Waals surface area contributed by atoms with Gasteiger partial charge in [0.05, 0.1) is 18.2 Å². The van der Waals surface area contributed by atoms with Gasteiger partial charge in [0.1, 0.15) is 11.5 Å². The molecular weight excluding hydrogens is 318 g/mol. The molecule has 1 aliphatic heterocycles. The van der Waals surface area contributed by atoms with E-state index in [1.165, 1.54) is 19.3 Å². The summed E-state index contributed by atoms with van der Waals surface area (Å²) in [5.41, 5.74) is 1.16. The number of benzene rings is 1. The number of hydrogen-bond donors (Lipinski definition) is 2. The number of furan rings is 1. The van der Waals surface area contributed by atoms with Gasteiger partial charge in [-0.25, -0.2) is 4.79 Å². The minimum atomic E-state index is -0.945. The summed E-state index contributed by atoms with van der Waals surface area (Å²) < 4.78 is 11.7.